The van der Waals surface area contributed by atoms with Gasteiger partial charge in [0.1, 0.15) is 5.82 Å². The molecule has 6 heteroatoms. The van der Waals surface area contributed by atoms with Crippen LogP contribution in [0, 0.1) is 12.7 Å². The lowest BCUT2D eigenvalue weighted by Gasteiger charge is -2.18. The van der Waals surface area contributed by atoms with E-state index in [0.717, 1.165) is 19.4 Å². The molecule has 2 heterocycles. The molecular weight excluding hydrogens is 299 g/mol. The molecule has 23 heavy (non-hydrogen) atoms. The molecule has 1 aromatic heterocycles. The molecule has 0 amide bonds. The van der Waals surface area contributed by atoms with Gasteiger partial charge in [0.2, 0.25) is 0 Å². The number of anilines is 1. The number of rotatable bonds is 5. The molecule has 1 saturated heterocycles. The van der Waals surface area contributed by atoms with Gasteiger partial charge in [0.25, 0.3) is 0 Å². The molecule has 122 valence electrons. The number of hydrogen-bond acceptors (Lipinski definition) is 4. The van der Waals surface area contributed by atoms with Crippen molar-refractivity contribution in [2.45, 2.75) is 32.3 Å². The fourth-order valence-electron chi connectivity index (χ4n) is 2.99. The molecule has 1 aliphatic rings. The summed E-state index contributed by atoms with van der Waals surface area (Å²) in [5.41, 5.74) is 2.52. The fraction of sp³-hybridized carbons (Fsp3) is 0.412. The predicted octanol–water partition coefficient (Wildman–Crippen LogP) is 2.90. The van der Waals surface area contributed by atoms with Gasteiger partial charge in [-0.05, 0) is 38.0 Å². The Morgan fingerprint density at radius 3 is 3.04 bits per heavy atom. The summed E-state index contributed by atoms with van der Waals surface area (Å²) in [7, 11) is 0. The zero-order valence-electron chi connectivity index (χ0n) is 12.9. The number of carboxylic acids is 1. The van der Waals surface area contributed by atoms with E-state index in [-0.39, 0.29) is 18.3 Å². The smallest absolute Gasteiger partial charge is 0.307 e. The Labute approximate surface area is 133 Å². The molecule has 3 rings (SSSR count). The van der Waals surface area contributed by atoms with Crippen LogP contribution in [-0.4, -0.2) is 35.3 Å². The lowest BCUT2D eigenvalue weighted by atomic mass is 10.0. The third kappa shape index (κ3) is 3.42. The number of halogens is 1. The third-order valence-corrected chi connectivity index (χ3v) is 4.11. The maximum absolute atomic E-state index is 13.7. The van der Waals surface area contributed by atoms with Gasteiger partial charge >= 0.3 is 5.97 Å². The average molecular weight is 318 g/mol. The van der Waals surface area contributed by atoms with Gasteiger partial charge in [-0.1, -0.05) is 0 Å². The zero-order chi connectivity index (χ0) is 16.4. The number of benzene rings is 1. The van der Waals surface area contributed by atoms with E-state index in [2.05, 4.69) is 10.3 Å². The number of nitrogens with one attached hydrogen (secondary N) is 1. The van der Waals surface area contributed by atoms with Crippen molar-refractivity contribution in [1.29, 1.82) is 0 Å². The first-order chi connectivity index (χ1) is 11.0. The maximum Gasteiger partial charge on any atom is 0.307 e. The first-order valence-electron chi connectivity index (χ1n) is 7.70. The van der Waals surface area contributed by atoms with E-state index in [1.165, 1.54) is 12.1 Å². The molecule has 1 unspecified atom stereocenters. The molecule has 2 aromatic rings. The van der Waals surface area contributed by atoms with E-state index in [0.29, 0.717) is 34.4 Å². The number of hydrogen-bond donors (Lipinski definition) is 2. The summed E-state index contributed by atoms with van der Waals surface area (Å²) in [5.74, 6) is -1.31. The van der Waals surface area contributed by atoms with E-state index in [4.69, 9.17) is 9.84 Å². The topological polar surface area (TPSA) is 71.5 Å². The van der Waals surface area contributed by atoms with Gasteiger partial charge in [-0.3, -0.25) is 9.78 Å². The van der Waals surface area contributed by atoms with Crippen LogP contribution in [0.25, 0.3) is 10.9 Å². The average Bonchev–Trinajstić information content (AvgIpc) is 3.00. The summed E-state index contributed by atoms with van der Waals surface area (Å²) in [6.07, 6.45) is 1.94. The summed E-state index contributed by atoms with van der Waals surface area (Å²) in [6.45, 7) is 3.10. The number of carboxylic acid groups (broad SMARTS) is 1. The second-order valence-electron chi connectivity index (χ2n) is 5.80. The van der Waals surface area contributed by atoms with Crippen LogP contribution in [0.15, 0.2) is 18.2 Å². The van der Waals surface area contributed by atoms with Crippen LogP contribution >= 0.6 is 0 Å². The summed E-state index contributed by atoms with van der Waals surface area (Å²) >= 11 is 0. The van der Waals surface area contributed by atoms with E-state index in [1.54, 1.807) is 13.0 Å². The Morgan fingerprint density at radius 1 is 1.52 bits per heavy atom. The molecule has 0 aliphatic carbocycles. The molecule has 5 nitrogen and oxygen atoms in total. The fourth-order valence-corrected chi connectivity index (χ4v) is 2.99. The lowest BCUT2D eigenvalue weighted by molar-refractivity contribution is -0.136. The van der Waals surface area contributed by atoms with Crippen LogP contribution in [0.4, 0.5) is 10.1 Å². The van der Waals surface area contributed by atoms with E-state index in [9.17, 15) is 9.18 Å². The van der Waals surface area contributed by atoms with Crippen molar-refractivity contribution in [1.82, 2.24) is 4.98 Å². The van der Waals surface area contributed by atoms with Crippen LogP contribution < -0.4 is 5.32 Å². The number of pyridine rings is 1. The van der Waals surface area contributed by atoms with Gasteiger partial charge in [-0.15, -0.1) is 0 Å². The zero-order valence-corrected chi connectivity index (χ0v) is 12.9. The Morgan fingerprint density at radius 2 is 2.35 bits per heavy atom. The van der Waals surface area contributed by atoms with Gasteiger partial charge < -0.3 is 15.2 Å². The minimum Gasteiger partial charge on any atom is -0.481 e. The van der Waals surface area contributed by atoms with Gasteiger partial charge in [0.05, 0.1) is 18.0 Å². The highest BCUT2D eigenvalue weighted by Crippen LogP contribution is 2.30. The number of fused-ring (bicyclic) bond motifs is 1. The van der Waals surface area contributed by atoms with Crippen molar-refractivity contribution in [3.05, 3.63) is 35.3 Å². The Bertz CT molecular complexity index is 742. The largest absolute Gasteiger partial charge is 0.481 e. The van der Waals surface area contributed by atoms with Crippen molar-refractivity contribution in [3.63, 3.8) is 0 Å². The van der Waals surface area contributed by atoms with Gasteiger partial charge in [-0.25, -0.2) is 4.39 Å². The second kappa shape index (κ2) is 6.50. The number of aromatic nitrogens is 1. The Balaban J connectivity index is 2.04. The van der Waals surface area contributed by atoms with Crippen molar-refractivity contribution in [3.8, 4) is 0 Å². The molecule has 1 atom stereocenters. The van der Waals surface area contributed by atoms with E-state index in [1.807, 2.05) is 0 Å². The van der Waals surface area contributed by atoms with Crippen molar-refractivity contribution >= 4 is 22.6 Å². The summed E-state index contributed by atoms with van der Waals surface area (Å²) < 4.78 is 19.2. The Kier molecular flexibility index (Phi) is 4.43. The summed E-state index contributed by atoms with van der Waals surface area (Å²) in [6, 6.07) is 4.36. The minimum atomic E-state index is -0.939. The van der Waals surface area contributed by atoms with Crippen LogP contribution in [0.1, 0.15) is 24.1 Å². The standard InChI is InChI=1S/C17H19FN2O3/c1-10-13(8-16(21)22)17(19-9-12-3-2-6-23-12)14-7-11(18)4-5-15(14)20-10/h4-5,7,12H,2-3,6,8-9H2,1H3,(H,19,20)(H,21,22). The van der Waals surface area contributed by atoms with E-state index < -0.39 is 5.97 Å². The van der Waals surface area contributed by atoms with E-state index >= 15 is 0 Å². The summed E-state index contributed by atoms with van der Waals surface area (Å²) in [4.78, 5) is 15.6. The molecule has 0 saturated carbocycles. The molecule has 0 bridgehead atoms. The van der Waals surface area contributed by atoms with Crippen LogP contribution in [0.2, 0.25) is 0 Å². The van der Waals surface area contributed by atoms with Crippen molar-refractivity contribution in [2.24, 2.45) is 0 Å². The Hall–Kier alpha value is -2.21. The SMILES string of the molecule is Cc1nc2ccc(F)cc2c(NCC2CCCO2)c1CC(=O)O. The highest BCUT2D eigenvalue weighted by Gasteiger charge is 2.19. The third-order valence-electron chi connectivity index (χ3n) is 4.11. The number of aryl methyl sites for hydroxylation is 1. The molecule has 1 fully saturated rings. The number of ether oxygens (including phenoxy) is 1. The molecular formula is C17H19FN2O3. The maximum atomic E-state index is 13.7. The lowest BCUT2D eigenvalue weighted by Crippen LogP contribution is -2.20. The highest BCUT2D eigenvalue weighted by molar-refractivity contribution is 5.95. The first-order valence-corrected chi connectivity index (χ1v) is 7.70. The summed E-state index contributed by atoms with van der Waals surface area (Å²) in [5, 5.41) is 13.0. The van der Waals surface area contributed by atoms with Crippen molar-refractivity contribution in [2.75, 3.05) is 18.5 Å². The van der Waals surface area contributed by atoms with Gasteiger partial charge in [-0.2, -0.15) is 0 Å². The molecule has 2 N–H and O–H groups in total. The van der Waals surface area contributed by atoms with Crippen LogP contribution in [0.3, 0.4) is 0 Å². The van der Waals surface area contributed by atoms with Crippen LogP contribution in [-0.2, 0) is 16.0 Å². The number of carbonyl (C=O) groups is 1. The van der Waals surface area contributed by atoms with Gasteiger partial charge in [0.15, 0.2) is 0 Å². The monoisotopic (exact) mass is 318 g/mol. The number of nitrogens with zero attached hydrogens (tertiary/aromatic N) is 1. The quantitative estimate of drug-likeness (QED) is 0.887. The second-order valence-corrected chi connectivity index (χ2v) is 5.80. The van der Waals surface area contributed by atoms with Gasteiger partial charge in [0, 0.05) is 35.5 Å². The van der Waals surface area contributed by atoms with Crippen LogP contribution in [0.5, 0.6) is 0 Å². The normalized spacial score (nSPS) is 17.6. The first kappa shape index (κ1) is 15.7. The predicted molar refractivity (Wildman–Crippen MR) is 85.2 cm³/mol. The highest BCUT2D eigenvalue weighted by atomic mass is 19.1. The minimum absolute atomic E-state index is 0.102. The number of aliphatic carboxylic acids is 1. The molecule has 0 radical (unpaired) electrons. The molecule has 1 aromatic carbocycles. The van der Waals surface area contributed by atoms with Crippen molar-refractivity contribution < 1.29 is 19.0 Å². The molecule has 0 spiro atoms. The molecule has 1 aliphatic heterocycles.